The lowest BCUT2D eigenvalue weighted by atomic mass is 10.2. The molecular formula is C16H19ClN5O2S-. The molecule has 3 aromatic rings. The van der Waals surface area contributed by atoms with E-state index in [0.29, 0.717) is 6.54 Å². The number of ether oxygens (including phenoxy) is 1. The molecule has 0 unspecified atom stereocenters. The molecular weight excluding hydrogens is 362 g/mol. The highest BCUT2D eigenvalue weighted by molar-refractivity contribution is 7.99. The molecule has 2 heterocycles. The Kier molecular flexibility index (Phi) is 7.30. The summed E-state index contributed by atoms with van der Waals surface area (Å²) in [5.74, 6) is 3.44. The highest BCUT2D eigenvalue weighted by Crippen LogP contribution is 2.25. The van der Waals surface area contributed by atoms with Crippen LogP contribution < -0.4 is 22.5 Å². The van der Waals surface area contributed by atoms with Gasteiger partial charge in [-0.1, -0.05) is 23.9 Å². The summed E-state index contributed by atoms with van der Waals surface area (Å²) in [7, 11) is 3.49. The van der Waals surface area contributed by atoms with Crippen molar-refractivity contribution in [1.82, 2.24) is 25.5 Å². The van der Waals surface area contributed by atoms with Gasteiger partial charge in [0.05, 0.1) is 13.7 Å². The van der Waals surface area contributed by atoms with E-state index in [-0.39, 0.29) is 12.4 Å². The minimum atomic E-state index is 0. The van der Waals surface area contributed by atoms with Crippen molar-refractivity contribution in [2.75, 3.05) is 19.4 Å². The summed E-state index contributed by atoms with van der Waals surface area (Å²) < 4.78 is 12.8. The number of benzene rings is 1. The number of halogens is 1. The number of nitrogens with zero attached hydrogens (tertiary/aromatic N) is 4. The van der Waals surface area contributed by atoms with Crippen molar-refractivity contribution in [2.24, 2.45) is 7.05 Å². The van der Waals surface area contributed by atoms with Crippen molar-refractivity contribution >= 4 is 11.8 Å². The number of methoxy groups -OCH3 is 1. The van der Waals surface area contributed by atoms with Crippen LogP contribution in [0.3, 0.4) is 0 Å². The topological polar surface area (TPSA) is 78.0 Å². The van der Waals surface area contributed by atoms with Gasteiger partial charge in [0.2, 0.25) is 5.16 Å². The summed E-state index contributed by atoms with van der Waals surface area (Å²) in [6, 6.07) is 11.8. The predicted octanol–water partition coefficient (Wildman–Crippen LogP) is -0.635. The molecule has 0 bridgehead atoms. The minimum absolute atomic E-state index is 0. The highest BCUT2D eigenvalue weighted by atomic mass is 35.5. The predicted molar refractivity (Wildman–Crippen MR) is 91.9 cm³/mol. The number of hydrogen-bond acceptors (Lipinski definition) is 7. The molecule has 134 valence electrons. The van der Waals surface area contributed by atoms with Crippen molar-refractivity contribution in [3.8, 4) is 17.1 Å². The largest absolute Gasteiger partial charge is 1.00 e. The van der Waals surface area contributed by atoms with Crippen LogP contribution in [0.5, 0.6) is 5.75 Å². The van der Waals surface area contributed by atoms with E-state index in [0.717, 1.165) is 40.3 Å². The molecule has 3 rings (SSSR count). The van der Waals surface area contributed by atoms with Gasteiger partial charge in [-0.25, -0.2) is 4.68 Å². The fourth-order valence-electron chi connectivity index (χ4n) is 2.17. The van der Waals surface area contributed by atoms with Crippen molar-refractivity contribution in [3.63, 3.8) is 0 Å². The van der Waals surface area contributed by atoms with Gasteiger partial charge in [0, 0.05) is 24.9 Å². The third-order valence-corrected chi connectivity index (χ3v) is 4.42. The van der Waals surface area contributed by atoms with Gasteiger partial charge in [-0.05, 0) is 34.7 Å². The van der Waals surface area contributed by atoms with E-state index in [1.807, 2.05) is 43.4 Å². The van der Waals surface area contributed by atoms with E-state index in [9.17, 15) is 0 Å². The Labute approximate surface area is 156 Å². The van der Waals surface area contributed by atoms with Crippen LogP contribution in [0, 0.1) is 0 Å². The average molecular weight is 381 g/mol. The molecule has 0 atom stereocenters. The minimum Gasteiger partial charge on any atom is -1.00 e. The zero-order chi connectivity index (χ0) is 16.8. The zero-order valence-electron chi connectivity index (χ0n) is 14.0. The van der Waals surface area contributed by atoms with Crippen molar-refractivity contribution < 1.29 is 21.6 Å². The number of nitrogens with one attached hydrogen (secondary N) is 1. The molecule has 0 saturated heterocycles. The first kappa shape index (κ1) is 19.3. The van der Waals surface area contributed by atoms with Gasteiger partial charge in [-0.2, -0.15) is 0 Å². The Bertz CT molecular complexity index is 792. The fourth-order valence-corrected chi connectivity index (χ4v) is 2.92. The number of aromatic nitrogens is 4. The van der Waals surface area contributed by atoms with Crippen LogP contribution in [0.1, 0.15) is 5.76 Å². The van der Waals surface area contributed by atoms with Crippen LogP contribution in [0.2, 0.25) is 0 Å². The summed E-state index contributed by atoms with van der Waals surface area (Å²) in [6.45, 7) is 1.52. The molecule has 0 aliphatic carbocycles. The van der Waals surface area contributed by atoms with Crippen LogP contribution >= 0.6 is 11.8 Å². The van der Waals surface area contributed by atoms with E-state index in [4.69, 9.17) is 9.15 Å². The van der Waals surface area contributed by atoms with Crippen molar-refractivity contribution in [1.29, 1.82) is 0 Å². The SMILES string of the molecule is COc1cccc(-c2ccc(CNCCSc3nnnn3C)o2)c1.[Cl-]. The molecule has 9 heteroatoms. The maximum atomic E-state index is 5.88. The van der Waals surface area contributed by atoms with Gasteiger partial charge in [-0.15, -0.1) is 5.10 Å². The molecule has 0 aliphatic heterocycles. The fraction of sp³-hybridized carbons (Fsp3) is 0.312. The van der Waals surface area contributed by atoms with Gasteiger partial charge in [-0.3, -0.25) is 0 Å². The normalized spacial score (nSPS) is 10.5. The van der Waals surface area contributed by atoms with Gasteiger partial charge < -0.3 is 26.9 Å². The Morgan fingerprint density at radius 3 is 2.92 bits per heavy atom. The van der Waals surface area contributed by atoms with E-state index in [1.54, 1.807) is 23.6 Å². The molecule has 0 aliphatic rings. The van der Waals surface area contributed by atoms with E-state index in [2.05, 4.69) is 20.8 Å². The summed E-state index contributed by atoms with van der Waals surface area (Å²) in [6.07, 6.45) is 0. The molecule has 0 amide bonds. The third-order valence-electron chi connectivity index (χ3n) is 3.41. The molecule has 0 fully saturated rings. The quantitative estimate of drug-likeness (QED) is 0.411. The number of tetrazole rings is 1. The summed E-state index contributed by atoms with van der Waals surface area (Å²) in [4.78, 5) is 0. The van der Waals surface area contributed by atoms with Crippen LogP contribution in [-0.4, -0.2) is 39.6 Å². The third kappa shape index (κ3) is 5.22. The standard InChI is InChI=1S/C16H19N5O2S.ClH/c1-21-16(18-19-20-21)24-9-8-17-11-14-6-7-15(23-14)12-4-3-5-13(10-12)22-2;/h3-7,10,17H,8-9,11H2,1-2H3;1H/p-1. The van der Waals surface area contributed by atoms with Gasteiger partial charge in [0.1, 0.15) is 17.3 Å². The van der Waals surface area contributed by atoms with E-state index in [1.165, 1.54) is 0 Å². The maximum Gasteiger partial charge on any atom is 0.209 e. The van der Waals surface area contributed by atoms with Gasteiger partial charge in [0.15, 0.2) is 0 Å². The second-order valence-corrected chi connectivity index (χ2v) is 6.17. The Balaban J connectivity index is 0.00000225. The molecule has 25 heavy (non-hydrogen) atoms. The van der Waals surface area contributed by atoms with Crippen molar-refractivity contribution in [3.05, 3.63) is 42.2 Å². The summed E-state index contributed by atoms with van der Waals surface area (Å²) >= 11 is 1.61. The van der Waals surface area contributed by atoms with Crippen molar-refractivity contribution in [2.45, 2.75) is 11.7 Å². The maximum absolute atomic E-state index is 5.88. The Hall–Kier alpha value is -2.03. The summed E-state index contributed by atoms with van der Waals surface area (Å²) in [5, 5.41) is 15.5. The average Bonchev–Trinajstić information content (AvgIpc) is 3.24. The lowest BCUT2D eigenvalue weighted by Gasteiger charge is -2.03. The smallest absolute Gasteiger partial charge is 0.209 e. The van der Waals surface area contributed by atoms with Crippen LogP contribution in [0.15, 0.2) is 46.0 Å². The number of aryl methyl sites for hydroxylation is 1. The molecule has 2 aromatic heterocycles. The molecule has 0 saturated carbocycles. The molecule has 1 N–H and O–H groups in total. The lowest BCUT2D eigenvalue weighted by molar-refractivity contribution is -0.00000597. The summed E-state index contributed by atoms with van der Waals surface area (Å²) in [5.41, 5.74) is 1.01. The van der Waals surface area contributed by atoms with Crippen LogP contribution in [0.4, 0.5) is 0 Å². The Morgan fingerprint density at radius 1 is 1.28 bits per heavy atom. The number of thioether (sulfide) groups is 1. The van der Waals surface area contributed by atoms with E-state index >= 15 is 0 Å². The zero-order valence-corrected chi connectivity index (χ0v) is 15.5. The van der Waals surface area contributed by atoms with Crippen LogP contribution in [-0.2, 0) is 13.6 Å². The molecule has 0 radical (unpaired) electrons. The number of hydrogen-bond donors (Lipinski definition) is 1. The molecule has 1 aromatic carbocycles. The Morgan fingerprint density at radius 2 is 2.16 bits per heavy atom. The van der Waals surface area contributed by atoms with Gasteiger partial charge in [0.25, 0.3) is 0 Å². The first-order valence-corrected chi connectivity index (χ1v) is 8.54. The second kappa shape index (κ2) is 9.45. The van der Waals surface area contributed by atoms with E-state index < -0.39 is 0 Å². The first-order chi connectivity index (χ1) is 11.8. The van der Waals surface area contributed by atoms with Gasteiger partial charge >= 0.3 is 0 Å². The highest BCUT2D eigenvalue weighted by Gasteiger charge is 2.06. The first-order valence-electron chi connectivity index (χ1n) is 7.55. The monoisotopic (exact) mass is 380 g/mol. The number of rotatable bonds is 8. The lowest BCUT2D eigenvalue weighted by Crippen LogP contribution is -3.00. The van der Waals surface area contributed by atoms with Crippen LogP contribution in [0.25, 0.3) is 11.3 Å². The number of furan rings is 1. The molecule has 0 spiro atoms. The second-order valence-electron chi connectivity index (χ2n) is 5.11. The molecule has 7 nitrogen and oxygen atoms in total.